The number of rotatable bonds is 5. The molecule has 0 saturated heterocycles. The number of aromatic nitrogens is 2. The second-order valence-electron chi connectivity index (χ2n) is 8.68. The minimum atomic E-state index is -0.902. The number of aliphatic carboxylic acids is 1. The molecule has 2 heterocycles. The predicted molar refractivity (Wildman–Crippen MR) is 130 cm³/mol. The zero-order chi connectivity index (χ0) is 24.6. The van der Waals surface area contributed by atoms with Crippen LogP contribution >= 0.6 is 0 Å². The summed E-state index contributed by atoms with van der Waals surface area (Å²) in [5.74, 6) is 5.38. The van der Waals surface area contributed by atoms with Crippen LogP contribution in [0.1, 0.15) is 42.7 Å². The van der Waals surface area contributed by atoms with Crippen LogP contribution in [0.4, 0.5) is 10.5 Å². The first-order valence-electron chi connectivity index (χ1n) is 11.2. The van der Waals surface area contributed by atoms with Gasteiger partial charge in [0.2, 0.25) is 5.76 Å². The van der Waals surface area contributed by atoms with Gasteiger partial charge in [-0.2, -0.15) is 0 Å². The highest BCUT2D eigenvalue weighted by atomic mass is 16.6. The average molecular weight is 469 g/mol. The Morgan fingerprint density at radius 2 is 1.97 bits per heavy atom. The molecule has 2 aromatic heterocycles. The van der Waals surface area contributed by atoms with E-state index in [1.54, 1.807) is 13.8 Å². The molecule has 176 valence electrons. The van der Waals surface area contributed by atoms with Crippen LogP contribution in [-0.2, 0) is 9.53 Å². The third-order valence-electron chi connectivity index (χ3n) is 6.12. The maximum Gasteiger partial charge on any atom is 0.412 e. The Bertz CT molecular complexity index is 1490. The van der Waals surface area contributed by atoms with Crippen molar-refractivity contribution in [2.24, 2.45) is 5.41 Å². The number of amides is 1. The van der Waals surface area contributed by atoms with Gasteiger partial charge in [-0.25, -0.2) is 4.79 Å². The van der Waals surface area contributed by atoms with Crippen molar-refractivity contribution in [1.29, 1.82) is 0 Å². The Labute approximate surface area is 201 Å². The highest BCUT2D eigenvalue weighted by Gasteiger charge is 2.49. The Kier molecular flexibility index (Phi) is 5.53. The van der Waals surface area contributed by atoms with Crippen molar-refractivity contribution in [2.75, 3.05) is 5.32 Å². The third kappa shape index (κ3) is 4.49. The summed E-state index contributed by atoms with van der Waals surface area (Å²) in [6.07, 6.45) is 0.118. The predicted octanol–water partition coefficient (Wildman–Crippen LogP) is 5.66. The Morgan fingerprint density at radius 1 is 1.20 bits per heavy atom. The number of hydrogen-bond acceptors (Lipinski definition) is 5. The van der Waals surface area contributed by atoms with E-state index in [0.717, 1.165) is 16.5 Å². The summed E-state index contributed by atoms with van der Waals surface area (Å²) in [4.78, 5) is 27.2. The molecule has 0 bridgehead atoms. The van der Waals surface area contributed by atoms with Crippen LogP contribution in [-0.4, -0.2) is 27.3 Å². The van der Waals surface area contributed by atoms with Gasteiger partial charge >= 0.3 is 12.1 Å². The lowest BCUT2D eigenvalue weighted by Crippen LogP contribution is -2.16. The zero-order valence-corrected chi connectivity index (χ0v) is 19.2. The maximum absolute atomic E-state index is 12.6. The van der Waals surface area contributed by atoms with E-state index in [1.807, 2.05) is 54.6 Å². The molecule has 1 saturated carbocycles. The van der Waals surface area contributed by atoms with E-state index >= 15 is 0 Å². The molecular formula is C27H23N3O5. The first kappa shape index (κ1) is 22.3. The molecule has 35 heavy (non-hydrogen) atoms. The van der Waals surface area contributed by atoms with E-state index in [2.05, 4.69) is 27.3 Å². The number of anilines is 1. The molecule has 5 rings (SSSR count). The van der Waals surface area contributed by atoms with Gasteiger partial charge in [-0.05, 0) is 50.5 Å². The maximum atomic E-state index is 12.6. The minimum absolute atomic E-state index is 0.374. The number of carboxylic acids is 1. The Hall–Kier alpha value is -4.51. The van der Waals surface area contributed by atoms with Gasteiger partial charge in [0.25, 0.3) is 0 Å². The second kappa shape index (κ2) is 8.69. The van der Waals surface area contributed by atoms with Crippen LogP contribution in [0.2, 0.25) is 0 Å². The molecule has 1 unspecified atom stereocenters. The van der Waals surface area contributed by atoms with Gasteiger partial charge in [-0.3, -0.25) is 10.1 Å². The molecule has 1 amide bonds. The number of carboxylic acid groups (broad SMARTS) is 1. The SMILES string of the molecule is Cc1noc(-c2cc3ccc(C#CC4(C(=O)O)CC4)cc3[nH]2)c1NC(=O)OC(C)c1ccccc1. The summed E-state index contributed by atoms with van der Waals surface area (Å²) in [5, 5.41) is 17.0. The lowest BCUT2D eigenvalue weighted by molar-refractivity contribution is -0.141. The summed E-state index contributed by atoms with van der Waals surface area (Å²) >= 11 is 0. The highest BCUT2D eigenvalue weighted by Crippen LogP contribution is 2.45. The Morgan fingerprint density at radius 3 is 2.69 bits per heavy atom. The number of H-pyrrole nitrogens is 1. The van der Waals surface area contributed by atoms with Crippen LogP contribution < -0.4 is 5.32 Å². The molecule has 1 atom stereocenters. The number of nitrogens with zero attached hydrogens (tertiary/aromatic N) is 1. The second-order valence-corrected chi connectivity index (χ2v) is 8.68. The summed E-state index contributed by atoms with van der Waals surface area (Å²) in [7, 11) is 0. The van der Waals surface area contributed by atoms with E-state index in [1.165, 1.54) is 0 Å². The standard InChI is InChI=1S/C27H23N3O5/c1-16-23(29-26(33)34-17(2)19-6-4-3-5-7-19)24(35-30-16)22-15-20-9-8-18(14-21(20)28-22)10-11-27(12-13-27)25(31)32/h3-9,14-15,17,28H,12-13H2,1-2H3,(H,29,33)(H,31,32). The number of aryl methyl sites for hydroxylation is 1. The average Bonchev–Trinajstić information content (AvgIpc) is 3.41. The number of benzene rings is 2. The van der Waals surface area contributed by atoms with Crippen LogP contribution in [0, 0.1) is 24.2 Å². The molecule has 0 aliphatic heterocycles. The third-order valence-corrected chi connectivity index (χ3v) is 6.12. The van der Waals surface area contributed by atoms with Gasteiger partial charge in [0.1, 0.15) is 22.9 Å². The molecule has 4 aromatic rings. The monoisotopic (exact) mass is 469 g/mol. The molecule has 1 aliphatic carbocycles. The number of fused-ring (bicyclic) bond motifs is 1. The first-order chi connectivity index (χ1) is 16.8. The van der Waals surface area contributed by atoms with Crippen molar-refractivity contribution in [1.82, 2.24) is 10.1 Å². The number of ether oxygens (including phenoxy) is 1. The van der Waals surface area contributed by atoms with Gasteiger partial charge in [0.15, 0.2) is 0 Å². The molecular weight excluding hydrogens is 446 g/mol. The molecule has 1 fully saturated rings. The van der Waals surface area contributed by atoms with Gasteiger partial charge in [-0.15, -0.1) is 0 Å². The normalized spacial score (nSPS) is 14.6. The van der Waals surface area contributed by atoms with Crippen molar-refractivity contribution in [3.05, 3.63) is 71.4 Å². The van der Waals surface area contributed by atoms with E-state index in [9.17, 15) is 14.7 Å². The van der Waals surface area contributed by atoms with Crippen LogP contribution in [0.25, 0.3) is 22.4 Å². The molecule has 0 radical (unpaired) electrons. The molecule has 2 aromatic carbocycles. The minimum Gasteiger partial charge on any atom is -0.480 e. The van der Waals surface area contributed by atoms with Crippen molar-refractivity contribution in [3.8, 4) is 23.3 Å². The zero-order valence-electron chi connectivity index (χ0n) is 19.2. The first-order valence-corrected chi connectivity index (χ1v) is 11.2. The van der Waals surface area contributed by atoms with Gasteiger partial charge in [0.05, 0.1) is 5.69 Å². The van der Waals surface area contributed by atoms with Crippen molar-refractivity contribution < 1.29 is 24.0 Å². The van der Waals surface area contributed by atoms with Crippen LogP contribution in [0.5, 0.6) is 0 Å². The van der Waals surface area contributed by atoms with Crippen molar-refractivity contribution >= 4 is 28.7 Å². The number of aromatic amines is 1. The topological polar surface area (TPSA) is 117 Å². The quantitative estimate of drug-likeness (QED) is 0.325. The van der Waals surface area contributed by atoms with Crippen LogP contribution in [0.3, 0.4) is 0 Å². The number of carbonyl (C=O) groups is 2. The highest BCUT2D eigenvalue weighted by molar-refractivity contribution is 5.93. The summed E-state index contributed by atoms with van der Waals surface area (Å²) < 4.78 is 11.0. The Balaban J connectivity index is 1.36. The fourth-order valence-electron chi connectivity index (χ4n) is 3.82. The molecule has 8 nitrogen and oxygen atoms in total. The summed E-state index contributed by atoms with van der Waals surface area (Å²) in [5.41, 5.74) is 3.05. The van der Waals surface area contributed by atoms with Gasteiger partial charge in [-0.1, -0.05) is 53.4 Å². The largest absolute Gasteiger partial charge is 0.480 e. The number of nitrogens with one attached hydrogen (secondary N) is 2. The molecule has 1 aliphatic rings. The van der Waals surface area contributed by atoms with E-state index in [0.29, 0.717) is 41.2 Å². The molecule has 8 heteroatoms. The summed E-state index contributed by atoms with van der Waals surface area (Å²) in [6, 6.07) is 16.9. The van der Waals surface area contributed by atoms with Crippen molar-refractivity contribution in [3.63, 3.8) is 0 Å². The van der Waals surface area contributed by atoms with Crippen LogP contribution in [0.15, 0.2) is 59.1 Å². The molecule has 0 spiro atoms. The van der Waals surface area contributed by atoms with E-state index in [-0.39, 0.29) is 0 Å². The number of hydrogen-bond donors (Lipinski definition) is 3. The fraction of sp³-hybridized carbons (Fsp3) is 0.222. The van der Waals surface area contributed by atoms with E-state index < -0.39 is 23.6 Å². The van der Waals surface area contributed by atoms with Gasteiger partial charge in [0, 0.05) is 16.5 Å². The lowest BCUT2D eigenvalue weighted by Gasteiger charge is -2.14. The summed E-state index contributed by atoms with van der Waals surface area (Å²) in [6.45, 7) is 3.53. The number of carbonyl (C=O) groups excluding carboxylic acids is 1. The van der Waals surface area contributed by atoms with E-state index in [4.69, 9.17) is 9.26 Å². The molecule has 3 N–H and O–H groups in total. The van der Waals surface area contributed by atoms with Gasteiger partial charge < -0.3 is 19.4 Å². The fourth-order valence-corrected chi connectivity index (χ4v) is 3.82. The van der Waals surface area contributed by atoms with Crippen molar-refractivity contribution in [2.45, 2.75) is 32.8 Å². The smallest absolute Gasteiger partial charge is 0.412 e. The lowest BCUT2D eigenvalue weighted by atomic mass is 10.1.